The van der Waals surface area contributed by atoms with Crippen LogP contribution in [0.1, 0.15) is 5.56 Å². The van der Waals surface area contributed by atoms with Gasteiger partial charge in [-0.3, -0.25) is 4.99 Å². The van der Waals surface area contributed by atoms with Gasteiger partial charge in [0.2, 0.25) is 0 Å². The van der Waals surface area contributed by atoms with Crippen molar-refractivity contribution < 1.29 is 9.47 Å². The van der Waals surface area contributed by atoms with E-state index < -0.39 is 0 Å². The highest BCUT2D eigenvalue weighted by Crippen LogP contribution is 2.38. The lowest BCUT2D eigenvalue weighted by molar-refractivity contribution is 0.171. The van der Waals surface area contributed by atoms with E-state index in [2.05, 4.69) is 21.9 Å². The highest BCUT2D eigenvalue weighted by Gasteiger charge is 2.16. The van der Waals surface area contributed by atoms with Crippen LogP contribution in [0.2, 0.25) is 5.02 Å². The highest BCUT2D eigenvalue weighted by atomic mass is 127. The molecule has 124 valence electrons. The third kappa shape index (κ3) is 5.58. The van der Waals surface area contributed by atoms with Crippen LogP contribution in [0.5, 0.6) is 11.5 Å². The van der Waals surface area contributed by atoms with Crippen LogP contribution in [0, 0.1) is 0 Å². The van der Waals surface area contributed by atoms with E-state index >= 15 is 0 Å². The zero-order valence-corrected chi connectivity index (χ0v) is 16.6. The Labute approximate surface area is 157 Å². The molecule has 0 aromatic heterocycles. The minimum atomic E-state index is 0. The molecule has 5 nitrogen and oxygen atoms in total. The molecule has 8 heteroatoms. The second-order valence-corrected chi connectivity index (χ2v) is 5.84. The quantitative estimate of drug-likeness (QED) is 0.308. The lowest BCUT2D eigenvalue weighted by atomic mass is 10.2. The molecular formula is C14H21ClIN3O2S. The number of hydrogen-bond acceptors (Lipinski definition) is 4. The molecule has 0 unspecified atom stereocenters. The number of halogens is 2. The van der Waals surface area contributed by atoms with Gasteiger partial charge in [-0.15, -0.1) is 24.0 Å². The zero-order valence-electron chi connectivity index (χ0n) is 12.6. The molecule has 2 N–H and O–H groups in total. The van der Waals surface area contributed by atoms with Gasteiger partial charge in [-0.2, -0.15) is 11.8 Å². The molecule has 0 radical (unpaired) electrons. The predicted octanol–water partition coefficient (Wildman–Crippen LogP) is 2.76. The highest BCUT2D eigenvalue weighted by molar-refractivity contribution is 14.0. The van der Waals surface area contributed by atoms with Gasteiger partial charge in [0, 0.05) is 25.9 Å². The zero-order chi connectivity index (χ0) is 15.1. The summed E-state index contributed by atoms with van der Waals surface area (Å²) >= 11 is 8.01. The maximum absolute atomic E-state index is 6.22. The first-order valence-corrected chi connectivity index (χ1v) is 8.53. The van der Waals surface area contributed by atoms with Crippen molar-refractivity contribution in [3.8, 4) is 11.5 Å². The number of nitrogens with one attached hydrogen (secondary N) is 2. The van der Waals surface area contributed by atoms with Crippen molar-refractivity contribution in [1.29, 1.82) is 0 Å². The molecular weight excluding hydrogens is 437 g/mol. The number of rotatable bonds is 5. The van der Waals surface area contributed by atoms with Crippen LogP contribution in [0.15, 0.2) is 17.1 Å². The van der Waals surface area contributed by atoms with E-state index in [1.54, 1.807) is 18.8 Å². The molecule has 0 aliphatic carbocycles. The second kappa shape index (κ2) is 10.3. The van der Waals surface area contributed by atoms with Gasteiger partial charge in [-0.1, -0.05) is 11.6 Å². The number of ether oxygens (including phenoxy) is 2. The second-order valence-electron chi connectivity index (χ2n) is 4.45. The molecule has 0 atom stereocenters. The summed E-state index contributed by atoms with van der Waals surface area (Å²) < 4.78 is 11.1. The van der Waals surface area contributed by atoms with Crippen molar-refractivity contribution in [3.63, 3.8) is 0 Å². The third-order valence-electron chi connectivity index (χ3n) is 2.94. The van der Waals surface area contributed by atoms with E-state index in [-0.39, 0.29) is 24.0 Å². The maximum atomic E-state index is 6.22. The fourth-order valence-corrected chi connectivity index (χ4v) is 2.54. The molecule has 22 heavy (non-hydrogen) atoms. The van der Waals surface area contributed by atoms with Crippen molar-refractivity contribution in [1.82, 2.24) is 10.6 Å². The van der Waals surface area contributed by atoms with Gasteiger partial charge in [-0.05, 0) is 24.0 Å². The van der Waals surface area contributed by atoms with Crippen LogP contribution in [0.25, 0.3) is 0 Å². The van der Waals surface area contributed by atoms with Gasteiger partial charge >= 0.3 is 0 Å². The Hall–Kier alpha value is -0.540. The molecule has 0 saturated heterocycles. The summed E-state index contributed by atoms with van der Waals surface area (Å²) in [6.07, 6.45) is 2.08. The third-order valence-corrected chi connectivity index (χ3v) is 3.83. The smallest absolute Gasteiger partial charge is 0.191 e. The molecule has 1 aromatic rings. The van der Waals surface area contributed by atoms with E-state index in [9.17, 15) is 0 Å². The molecule has 0 amide bonds. The van der Waals surface area contributed by atoms with Crippen molar-refractivity contribution >= 4 is 53.3 Å². The lowest BCUT2D eigenvalue weighted by Crippen LogP contribution is -2.37. The largest absolute Gasteiger partial charge is 0.486 e. The first-order chi connectivity index (χ1) is 10.2. The van der Waals surface area contributed by atoms with Gasteiger partial charge in [0.1, 0.15) is 13.2 Å². The summed E-state index contributed by atoms with van der Waals surface area (Å²) in [4.78, 5) is 4.18. The van der Waals surface area contributed by atoms with Gasteiger partial charge in [0.15, 0.2) is 17.5 Å². The van der Waals surface area contributed by atoms with Crippen LogP contribution >= 0.6 is 47.3 Å². The number of thioether (sulfide) groups is 1. The van der Waals surface area contributed by atoms with Crippen LogP contribution in [0.3, 0.4) is 0 Å². The average molecular weight is 458 g/mol. The monoisotopic (exact) mass is 457 g/mol. The van der Waals surface area contributed by atoms with Crippen molar-refractivity contribution in [2.75, 3.05) is 38.8 Å². The summed E-state index contributed by atoms with van der Waals surface area (Å²) in [7, 11) is 1.76. The standard InChI is InChI=1S/C14H20ClN3O2S.HI/c1-16-14(17-3-6-21-2)18-9-10-7-11(15)13-12(8-10)19-4-5-20-13;/h7-8H,3-6,9H2,1-2H3,(H2,16,17,18);1H. The van der Waals surface area contributed by atoms with E-state index in [0.717, 1.165) is 23.8 Å². The Morgan fingerprint density at radius 3 is 2.82 bits per heavy atom. The summed E-state index contributed by atoms with van der Waals surface area (Å²) in [5.74, 6) is 3.15. The maximum Gasteiger partial charge on any atom is 0.191 e. The van der Waals surface area contributed by atoms with Crippen molar-refractivity contribution in [2.24, 2.45) is 4.99 Å². The Morgan fingerprint density at radius 2 is 2.09 bits per heavy atom. The molecule has 0 fully saturated rings. The van der Waals surface area contributed by atoms with E-state index in [1.165, 1.54) is 0 Å². The first kappa shape index (κ1) is 19.5. The van der Waals surface area contributed by atoms with Gasteiger partial charge in [-0.25, -0.2) is 0 Å². The Kier molecular flexibility index (Phi) is 9.11. The molecule has 1 aliphatic rings. The Morgan fingerprint density at radius 1 is 1.32 bits per heavy atom. The first-order valence-electron chi connectivity index (χ1n) is 6.76. The summed E-state index contributed by atoms with van der Waals surface area (Å²) in [5, 5.41) is 7.08. The number of hydrogen-bond donors (Lipinski definition) is 2. The molecule has 0 bridgehead atoms. The molecule has 1 heterocycles. The van der Waals surface area contributed by atoms with Crippen molar-refractivity contribution in [2.45, 2.75) is 6.54 Å². The number of aliphatic imine (C=N–C) groups is 1. The van der Waals surface area contributed by atoms with Crippen LogP contribution in [0.4, 0.5) is 0 Å². The van der Waals surface area contributed by atoms with Crippen LogP contribution in [-0.4, -0.2) is 44.8 Å². The minimum absolute atomic E-state index is 0. The molecule has 0 spiro atoms. The number of fused-ring (bicyclic) bond motifs is 1. The minimum Gasteiger partial charge on any atom is -0.486 e. The van der Waals surface area contributed by atoms with Gasteiger partial charge in [0.25, 0.3) is 0 Å². The summed E-state index contributed by atoms with van der Waals surface area (Å²) in [5.41, 5.74) is 1.03. The van der Waals surface area contributed by atoms with E-state index in [4.69, 9.17) is 21.1 Å². The molecule has 1 aromatic carbocycles. The average Bonchev–Trinajstić information content (AvgIpc) is 2.51. The number of benzene rings is 1. The van der Waals surface area contributed by atoms with E-state index in [0.29, 0.717) is 36.3 Å². The Bertz CT molecular complexity index is 517. The fourth-order valence-electron chi connectivity index (χ4n) is 1.94. The summed E-state index contributed by atoms with van der Waals surface area (Å²) in [6, 6.07) is 3.83. The molecule has 2 rings (SSSR count). The normalized spacial score (nSPS) is 13.3. The topological polar surface area (TPSA) is 54.9 Å². The van der Waals surface area contributed by atoms with Gasteiger partial charge < -0.3 is 20.1 Å². The van der Waals surface area contributed by atoms with Crippen molar-refractivity contribution in [3.05, 3.63) is 22.7 Å². The van der Waals surface area contributed by atoms with Gasteiger partial charge in [0.05, 0.1) is 5.02 Å². The van der Waals surface area contributed by atoms with Crippen LogP contribution in [-0.2, 0) is 6.54 Å². The lowest BCUT2D eigenvalue weighted by Gasteiger charge is -2.20. The number of nitrogens with zero attached hydrogens (tertiary/aromatic N) is 1. The number of guanidine groups is 1. The Balaban J connectivity index is 0.00000242. The molecule has 1 aliphatic heterocycles. The SMILES string of the molecule is CN=C(NCCSC)NCc1cc(Cl)c2c(c1)OCCO2.I. The predicted molar refractivity (Wildman–Crippen MR) is 104 cm³/mol. The van der Waals surface area contributed by atoms with E-state index in [1.807, 2.05) is 12.1 Å². The molecule has 0 saturated carbocycles. The summed E-state index contributed by atoms with van der Waals surface area (Å²) in [6.45, 7) is 2.59. The van der Waals surface area contributed by atoms with Crippen LogP contribution < -0.4 is 20.1 Å². The fraction of sp³-hybridized carbons (Fsp3) is 0.500.